The first-order valence-electron chi connectivity index (χ1n) is 6.78. The van der Waals surface area contributed by atoms with Crippen LogP contribution in [0.1, 0.15) is 12.8 Å². The molecule has 20 heavy (non-hydrogen) atoms. The fraction of sp³-hybridized carbons (Fsp3) is 0.429. The third kappa shape index (κ3) is 2.41. The van der Waals surface area contributed by atoms with Gasteiger partial charge < -0.3 is 20.0 Å². The summed E-state index contributed by atoms with van der Waals surface area (Å²) >= 11 is 0. The summed E-state index contributed by atoms with van der Waals surface area (Å²) in [6, 6.07) is 5.76. The molecule has 106 valence electrons. The van der Waals surface area contributed by atoms with Crippen LogP contribution < -0.4 is 10.6 Å². The van der Waals surface area contributed by atoms with Crippen LogP contribution in [0.4, 0.5) is 11.7 Å². The summed E-state index contributed by atoms with van der Waals surface area (Å²) in [4.78, 5) is 20.1. The largest absolute Gasteiger partial charge is 0.423 e. The number of nitrogens with zero attached hydrogens (tertiary/aromatic N) is 3. The number of nitrogens with two attached hydrogens (primary N) is 1. The molecule has 2 N–H and O–H groups in total. The molecule has 0 radical (unpaired) electrons. The minimum Gasteiger partial charge on any atom is -0.423 e. The highest BCUT2D eigenvalue weighted by Gasteiger charge is 2.21. The molecular formula is C14H18N4O2. The van der Waals surface area contributed by atoms with E-state index in [0.717, 1.165) is 25.9 Å². The van der Waals surface area contributed by atoms with Crippen LogP contribution in [-0.4, -0.2) is 42.5 Å². The molecule has 1 aliphatic heterocycles. The number of amides is 1. The minimum absolute atomic E-state index is 0.117. The number of anilines is 2. The van der Waals surface area contributed by atoms with Crippen molar-refractivity contribution in [1.29, 1.82) is 0 Å². The molecule has 6 nitrogen and oxygen atoms in total. The molecule has 0 saturated carbocycles. The van der Waals surface area contributed by atoms with Gasteiger partial charge in [-0.25, -0.2) is 0 Å². The van der Waals surface area contributed by atoms with Gasteiger partial charge in [0.1, 0.15) is 12.1 Å². The van der Waals surface area contributed by atoms with Crippen LogP contribution >= 0.6 is 0 Å². The van der Waals surface area contributed by atoms with E-state index in [1.807, 2.05) is 11.9 Å². The van der Waals surface area contributed by atoms with Crippen LogP contribution in [0.15, 0.2) is 22.6 Å². The van der Waals surface area contributed by atoms with Gasteiger partial charge in [0.25, 0.3) is 6.01 Å². The lowest BCUT2D eigenvalue weighted by atomic mass is 10.3. The number of likely N-dealkylation sites (tertiary alicyclic amines) is 1. The van der Waals surface area contributed by atoms with E-state index in [1.54, 1.807) is 23.1 Å². The first kappa shape index (κ1) is 12.8. The molecule has 6 heteroatoms. The molecule has 0 unspecified atom stereocenters. The Bertz CT molecular complexity index is 631. The number of rotatable bonds is 3. The highest BCUT2D eigenvalue weighted by Crippen LogP contribution is 2.23. The zero-order valence-electron chi connectivity index (χ0n) is 11.5. The molecule has 2 heterocycles. The first-order chi connectivity index (χ1) is 9.63. The van der Waals surface area contributed by atoms with E-state index in [4.69, 9.17) is 10.2 Å². The van der Waals surface area contributed by atoms with Crippen molar-refractivity contribution in [3.63, 3.8) is 0 Å². The second kappa shape index (κ2) is 5.03. The van der Waals surface area contributed by atoms with Crippen LogP contribution in [0.3, 0.4) is 0 Å². The van der Waals surface area contributed by atoms with Crippen LogP contribution in [-0.2, 0) is 4.79 Å². The van der Waals surface area contributed by atoms with Gasteiger partial charge >= 0.3 is 0 Å². The summed E-state index contributed by atoms with van der Waals surface area (Å²) in [6.45, 7) is 2.00. The topological polar surface area (TPSA) is 75.6 Å². The average molecular weight is 274 g/mol. The number of hydrogen-bond acceptors (Lipinski definition) is 5. The maximum Gasteiger partial charge on any atom is 0.298 e. The summed E-state index contributed by atoms with van der Waals surface area (Å²) in [7, 11) is 1.81. The summed E-state index contributed by atoms with van der Waals surface area (Å²) in [5.74, 6) is 0.117. The zero-order chi connectivity index (χ0) is 14.1. The van der Waals surface area contributed by atoms with E-state index in [1.165, 1.54) is 0 Å². The highest BCUT2D eigenvalue weighted by atomic mass is 16.4. The van der Waals surface area contributed by atoms with Crippen LogP contribution in [0.5, 0.6) is 0 Å². The Morgan fingerprint density at radius 1 is 1.45 bits per heavy atom. The summed E-state index contributed by atoms with van der Waals surface area (Å²) in [5.41, 5.74) is 7.75. The van der Waals surface area contributed by atoms with Crippen molar-refractivity contribution in [2.24, 2.45) is 0 Å². The number of oxazole rings is 1. The number of benzene rings is 1. The van der Waals surface area contributed by atoms with Gasteiger partial charge in [-0.05, 0) is 31.0 Å². The number of fused-ring (bicyclic) bond motifs is 1. The lowest BCUT2D eigenvalue weighted by molar-refractivity contribution is -0.128. The van der Waals surface area contributed by atoms with E-state index in [9.17, 15) is 4.79 Å². The van der Waals surface area contributed by atoms with Gasteiger partial charge in [0.05, 0.1) is 0 Å². The summed E-state index contributed by atoms with van der Waals surface area (Å²) < 4.78 is 5.64. The van der Waals surface area contributed by atoms with Crippen molar-refractivity contribution in [2.45, 2.75) is 12.8 Å². The molecule has 0 aliphatic carbocycles. The second-order valence-corrected chi connectivity index (χ2v) is 5.17. The van der Waals surface area contributed by atoms with E-state index in [-0.39, 0.29) is 12.5 Å². The number of hydrogen-bond donors (Lipinski definition) is 1. The van der Waals surface area contributed by atoms with E-state index in [0.29, 0.717) is 22.8 Å². The normalized spacial score (nSPS) is 14.9. The molecule has 3 rings (SSSR count). The van der Waals surface area contributed by atoms with Crippen LogP contribution in [0.25, 0.3) is 11.1 Å². The zero-order valence-corrected chi connectivity index (χ0v) is 11.5. The monoisotopic (exact) mass is 274 g/mol. The number of likely N-dealkylation sites (N-methyl/N-ethyl adjacent to an activating group) is 1. The predicted octanol–water partition coefficient (Wildman–Crippen LogP) is 1.47. The number of nitrogen functional groups attached to an aromatic ring is 1. The SMILES string of the molecule is CN(CC(=O)N1CCCC1)c1nc2cc(N)ccc2o1. The molecular weight excluding hydrogens is 256 g/mol. The number of carbonyl (C=O) groups excluding carboxylic acids is 1. The van der Waals surface area contributed by atoms with Crippen molar-refractivity contribution < 1.29 is 9.21 Å². The van der Waals surface area contributed by atoms with Crippen LogP contribution in [0, 0.1) is 0 Å². The Kier molecular flexibility index (Phi) is 3.22. The number of aromatic nitrogens is 1. The van der Waals surface area contributed by atoms with Crippen molar-refractivity contribution >= 4 is 28.7 Å². The summed E-state index contributed by atoms with van der Waals surface area (Å²) in [5, 5.41) is 0. The Labute approximate surface area is 117 Å². The highest BCUT2D eigenvalue weighted by molar-refractivity contribution is 5.82. The Hall–Kier alpha value is -2.24. The Morgan fingerprint density at radius 2 is 2.20 bits per heavy atom. The van der Waals surface area contributed by atoms with Gasteiger partial charge in [0, 0.05) is 25.8 Å². The average Bonchev–Trinajstić information content (AvgIpc) is 3.07. The smallest absolute Gasteiger partial charge is 0.298 e. The Morgan fingerprint density at radius 3 is 2.95 bits per heavy atom. The van der Waals surface area contributed by atoms with Gasteiger partial charge in [-0.15, -0.1) is 0 Å². The lowest BCUT2D eigenvalue weighted by Gasteiger charge is -2.19. The third-order valence-electron chi connectivity index (χ3n) is 3.56. The molecule has 1 aromatic carbocycles. The molecule has 0 spiro atoms. The fourth-order valence-electron chi connectivity index (χ4n) is 2.43. The molecule has 1 amide bonds. The maximum absolute atomic E-state index is 12.1. The molecule has 1 fully saturated rings. The predicted molar refractivity (Wildman–Crippen MR) is 77.5 cm³/mol. The quantitative estimate of drug-likeness (QED) is 0.858. The van der Waals surface area contributed by atoms with Crippen LogP contribution in [0.2, 0.25) is 0 Å². The maximum atomic E-state index is 12.1. The molecule has 1 saturated heterocycles. The van der Waals surface area contributed by atoms with Crippen molar-refractivity contribution in [3.05, 3.63) is 18.2 Å². The number of carbonyl (C=O) groups is 1. The standard InChI is InChI=1S/C14H18N4O2/c1-17(9-13(19)18-6-2-3-7-18)14-16-11-8-10(15)4-5-12(11)20-14/h4-5,8H,2-3,6-7,9,15H2,1H3. The van der Waals surface area contributed by atoms with Gasteiger partial charge in [-0.1, -0.05) is 0 Å². The van der Waals surface area contributed by atoms with Crippen molar-refractivity contribution in [2.75, 3.05) is 37.3 Å². The Balaban J connectivity index is 1.74. The summed E-state index contributed by atoms with van der Waals surface area (Å²) in [6.07, 6.45) is 2.19. The lowest BCUT2D eigenvalue weighted by Crippen LogP contribution is -2.37. The molecule has 0 bridgehead atoms. The molecule has 1 aromatic heterocycles. The fourth-order valence-corrected chi connectivity index (χ4v) is 2.43. The van der Waals surface area contributed by atoms with Gasteiger partial charge in [0.15, 0.2) is 5.58 Å². The van der Waals surface area contributed by atoms with Crippen molar-refractivity contribution in [3.8, 4) is 0 Å². The second-order valence-electron chi connectivity index (χ2n) is 5.17. The third-order valence-corrected chi connectivity index (χ3v) is 3.56. The minimum atomic E-state index is 0.117. The van der Waals surface area contributed by atoms with Gasteiger partial charge in [-0.2, -0.15) is 4.98 Å². The van der Waals surface area contributed by atoms with Gasteiger partial charge in [0.2, 0.25) is 5.91 Å². The molecule has 1 aliphatic rings. The van der Waals surface area contributed by atoms with Crippen molar-refractivity contribution in [1.82, 2.24) is 9.88 Å². The molecule has 2 aromatic rings. The van der Waals surface area contributed by atoms with E-state index >= 15 is 0 Å². The van der Waals surface area contributed by atoms with Gasteiger partial charge in [-0.3, -0.25) is 4.79 Å². The first-order valence-corrected chi connectivity index (χ1v) is 6.78. The molecule has 0 atom stereocenters. The van der Waals surface area contributed by atoms with E-state index in [2.05, 4.69) is 4.98 Å². The van der Waals surface area contributed by atoms with E-state index < -0.39 is 0 Å².